The highest BCUT2D eigenvalue weighted by Gasteiger charge is 1.78. The van der Waals surface area contributed by atoms with Crippen LogP contribution in [-0.4, -0.2) is 37.1 Å². The Hall–Kier alpha value is -1.59. The molecule has 0 aliphatic carbocycles. The number of nitrogens with zero attached hydrogens (tertiary/aromatic N) is 3. The molecule has 0 amide bonds. The maximum Gasteiger partial charge on any atom is 0.0905 e. The van der Waals surface area contributed by atoms with Gasteiger partial charge in [0.25, 0.3) is 0 Å². The molecule has 0 rings (SSSR count). The van der Waals surface area contributed by atoms with Crippen molar-refractivity contribution in [2.24, 2.45) is 32.2 Å². The number of amidine groups is 3. The van der Waals surface area contributed by atoms with Crippen LogP contribution < -0.4 is 17.2 Å². The molecule has 0 aromatic heterocycles. The maximum absolute atomic E-state index is 5.28. The molecule has 0 aromatic carbocycles. The number of hydrogen-bond acceptors (Lipinski definition) is 3. The quantitative estimate of drug-likeness (QED) is 0.381. The summed E-state index contributed by atoms with van der Waals surface area (Å²) in [4.78, 5) is 11.9. The SMILES string of the molecule is CCCCN=C(C)N.CCCN=C(C)N.CCCN=C(C)N. The van der Waals surface area contributed by atoms with Gasteiger partial charge in [0.15, 0.2) is 0 Å². The minimum absolute atomic E-state index is 0.682. The molecular weight excluding hydrogens is 276 g/mol. The molecule has 0 spiro atoms. The molecule has 0 aromatic rings. The van der Waals surface area contributed by atoms with Crippen LogP contribution in [0.15, 0.2) is 15.0 Å². The molecule has 0 saturated carbocycles. The average molecular weight is 315 g/mol. The van der Waals surface area contributed by atoms with E-state index < -0.39 is 0 Å². The minimum Gasteiger partial charge on any atom is -0.388 e. The zero-order chi connectivity index (χ0) is 17.8. The Labute approximate surface area is 137 Å². The van der Waals surface area contributed by atoms with Gasteiger partial charge in [0.1, 0.15) is 0 Å². The van der Waals surface area contributed by atoms with Crippen LogP contribution in [0, 0.1) is 0 Å². The van der Waals surface area contributed by atoms with E-state index >= 15 is 0 Å². The van der Waals surface area contributed by atoms with Crippen LogP contribution in [0.2, 0.25) is 0 Å². The lowest BCUT2D eigenvalue weighted by Gasteiger charge is -1.89. The molecule has 0 heterocycles. The highest BCUT2D eigenvalue weighted by atomic mass is 14.8. The van der Waals surface area contributed by atoms with Gasteiger partial charge >= 0.3 is 0 Å². The van der Waals surface area contributed by atoms with Gasteiger partial charge in [-0.25, -0.2) is 0 Å². The third-order valence-electron chi connectivity index (χ3n) is 2.04. The topological polar surface area (TPSA) is 115 Å². The van der Waals surface area contributed by atoms with Gasteiger partial charge in [-0.3, -0.25) is 15.0 Å². The largest absolute Gasteiger partial charge is 0.388 e. The first-order chi connectivity index (χ1) is 10.3. The molecule has 0 aliphatic heterocycles. The second-order valence-electron chi connectivity index (χ2n) is 4.92. The number of rotatable bonds is 7. The second-order valence-corrected chi connectivity index (χ2v) is 4.92. The molecule has 0 aliphatic rings. The van der Waals surface area contributed by atoms with E-state index in [1.165, 1.54) is 6.42 Å². The molecule has 0 fully saturated rings. The van der Waals surface area contributed by atoms with Crippen LogP contribution in [0.4, 0.5) is 0 Å². The van der Waals surface area contributed by atoms with Crippen LogP contribution in [0.5, 0.6) is 0 Å². The summed E-state index contributed by atoms with van der Waals surface area (Å²) in [6.45, 7) is 14.3. The zero-order valence-electron chi connectivity index (χ0n) is 15.5. The Bertz CT molecular complexity index is 276. The van der Waals surface area contributed by atoms with E-state index in [2.05, 4.69) is 35.7 Å². The van der Waals surface area contributed by atoms with Gasteiger partial charge in [-0.05, 0) is 40.0 Å². The smallest absolute Gasteiger partial charge is 0.0905 e. The standard InChI is InChI=1S/C6H14N2.2C5H12N2/c1-3-4-5-8-6(2)7;2*1-3-4-7-5(2)6/h3-5H2,1-2H3,(H2,7,8);2*3-4H2,1-2H3,(H2,6,7). The van der Waals surface area contributed by atoms with Gasteiger partial charge in [0, 0.05) is 19.6 Å². The van der Waals surface area contributed by atoms with Crippen LogP contribution in [-0.2, 0) is 0 Å². The van der Waals surface area contributed by atoms with E-state index in [-0.39, 0.29) is 0 Å². The van der Waals surface area contributed by atoms with Gasteiger partial charge in [-0.2, -0.15) is 0 Å². The molecule has 132 valence electrons. The summed E-state index contributed by atoms with van der Waals surface area (Å²) < 4.78 is 0. The van der Waals surface area contributed by atoms with Crippen molar-refractivity contribution in [3.63, 3.8) is 0 Å². The molecule has 0 unspecified atom stereocenters. The second kappa shape index (κ2) is 21.7. The molecule has 0 atom stereocenters. The molecular formula is C16H38N6. The lowest BCUT2D eigenvalue weighted by atomic mass is 10.3. The van der Waals surface area contributed by atoms with Crippen molar-refractivity contribution in [2.45, 2.75) is 67.2 Å². The monoisotopic (exact) mass is 314 g/mol. The van der Waals surface area contributed by atoms with Gasteiger partial charge in [0.2, 0.25) is 0 Å². The lowest BCUT2D eigenvalue weighted by Crippen LogP contribution is -2.05. The van der Waals surface area contributed by atoms with Crippen LogP contribution in [0.3, 0.4) is 0 Å². The van der Waals surface area contributed by atoms with Crippen LogP contribution >= 0.6 is 0 Å². The van der Waals surface area contributed by atoms with Crippen molar-refractivity contribution in [2.75, 3.05) is 19.6 Å². The fourth-order valence-electron chi connectivity index (χ4n) is 0.990. The van der Waals surface area contributed by atoms with Gasteiger partial charge < -0.3 is 17.2 Å². The Morgan fingerprint density at radius 1 is 0.591 bits per heavy atom. The number of nitrogens with two attached hydrogens (primary N) is 3. The first-order valence-electron chi connectivity index (χ1n) is 8.11. The van der Waals surface area contributed by atoms with Crippen molar-refractivity contribution in [1.29, 1.82) is 0 Å². The summed E-state index contributed by atoms with van der Waals surface area (Å²) in [5, 5.41) is 0. The van der Waals surface area contributed by atoms with Crippen LogP contribution in [0.25, 0.3) is 0 Å². The van der Waals surface area contributed by atoms with Crippen molar-refractivity contribution < 1.29 is 0 Å². The fourth-order valence-corrected chi connectivity index (χ4v) is 0.990. The van der Waals surface area contributed by atoms with E-state index in [9.17, 15) is 0 Å². The van der Waals surface area contributed by atoms with Gasteiger partial charge in [-0.1, -0.05) is 27.2 Å². The Kier molecular flexibility index (Phi) is 25.0. The van der Waals surface area contributed by atoms with Crippen molar-refractivity contribution in [3.8, 4) is 0 Å². The predicted molar refractivity (Wildman–Crippen MR) is 102 cm³/mol. The average Bonchev–Trinajstić information content (AvgIpc) is 2.44. The van der Waals surface area contributed by atoms with E-state index in [1.54, 1.807) is 13.8 Å². The summed E-state index contributed by atoms with van der Waals surface area (Å²) in [5.41, 5.74) is 15.7. The summed E-state index contributed by atoms with van der Waals surface area (Å²) >= 11 is 0. The molecule has 0 saturated heterocycles. The predicted octanol–water partition coefficient (Wildman–Crippen LogP) is 2.71. The Balaban J connectivity index is -0.000000247. The first-order valence-corrected chi connectivity index (χ1v) is 8.11. The summed E-state index contributed by atoms with van der Waals surface area (Å²) in [6, 6.07) is 0. The van der Waals surface area contributed by atoms with Gasteiger partial charge in [0.05, 0.1) is 17.5 Å². The highest BCUT2D eigenvalue weighted by molar-refractivity contribution is 5.77. The van der Waals surface area contributed by atoms with Gasteiger partial charge in [-0.15, -0.1) is 0 Å². The molecule has 6 heteroatoms. The normalized spacial score (nSPS) is 12.0. The molecule has 6 nitrogen and oxygen atoms in total. The molecule has 6 N–H and O–H groups in total. The first kappa shape index (κ1) is 25.4. The van der Waals surface area contributed by atoms with Crippen molar-refractivity contribution >= 4 is 17.5 Å². The molecule has 0 bridgehead atoms. The third kappa shape index (κ3) is 42.9. The van der Waals surface area contributed by atoms with Crippen molar-refractivity contribution in [3.05, 3.63) is 0 Å². The van der Waals surface area contributed by atoms with E-state index in [4.69, 9.17) is 17.2 Å². The maximum atomic E-state index is 5.28. The zero-order valence-corrected chi connectivity index (χ0v) is 15.5. The fraction of sp³-hybridized carbons (Fsp3) is 0.812. The highest BCUT2D eigenvalue weighted by Crippen LogP contribution is 1.85. The van der Waals surface area contributed by atoms with Crippen molar-refractivity contribution in [1.82, 2.24) is 0 Å². The number of hydrogen-bond donors (Lipinski definition) is 3. The summed E-state index contributed by atoms with van der Waals surface area (Å²) in [6.07, 6.45) is 4.49. The van der Waals surface area contributed by atoms with E-state index in [0.717, 1.165) is 38.9 Å². The minimum atomic E-state index is 0.682. The lowest BCUT2D eigenvalue weighted by molar-refractivity contribution is 0.807. The Morgan fingerprint density at radius 3 is 1.09 bits per heavy atom. The summed E-state index contributed by atoms with van der Waals surface area (Å²) in [5.74, 6) is 2.06. The Morgan fingerprint density at radius 2 is 0.909 bits per heavy atom. The molecule has 0 radical (unpaired) electrons. The summed E-state index contributed by atoms with van der Waals surface area (Å²) in [7, 11) is 0. The number of unbranched alkanes of at least 4 members (excludes halogenated alkanes) is 1. The molecule has 22 heavy (non-hydrogen) atoms. The van der Waals surface area contributed by atoms with Crippen LogP contribution in [0.1, 0.15) is 67.2 Å². The van der Waals surface area contributed by atoms with E-state index in [0.29, 0.717) is 17.5 Å². The third-order valence-corrected chi connectivity index (χ3v) is 2.04. The van der Waals surface area contributed by atoms with E-state index in [1.807, 2.05) is 6.92 Å². The number of aliphatic imine (C=N–C) groups is 3.